The van der Waals surface area contributed by atoms with Gasteiger partial charge in [0.05, 0.1) is 0 Å². The van der Waals surface area contributed by atoms with E-state index in [0.29, 0.717) is 5.75 Å². The number of aryl methyl sites for hydroxylation is 2. The van der Waals surface area contributed by atoms with E-state index in [0.717, 1.165) is 27.6 Å². The SMILES string of the molecule is Cc1ccc(C)c(NC(=O)Oc2cccc3ccccc23)c1. The number of fused-ring (bicyclic) bond motifs is 1. The molecule has 0 radical (unpaired) electrons. The molecule has 0 fully saturated rings. The highest BCUT2D eigenvalue weighted by atomic mass is 16.6. The molecule has 0 spiro atoms. The molecular formula is C19H17NO2. The second kappa shape index (κ2) is 5.90. The number of ether oxygens (including phenoxy) is 1. The predicted molar refractivity (Wildman–Crippen MR) is 89.5 cm³/mol. The van der Waals surface area contributed by atoms with E-state index in [9.17, 15) is 4.79 Å². The lowest BCUT2D eigenvalue weighted by Gasteiger charge is -2.11. The van der Waals surface area contributed by atoms with Gasteiger partial charge in [-0.05, 0) is 42.5 Å². The van der Waals surface area contributed by atoms with Crippen molar-refractivity contribution in [1.29, 1.82) is 0 Å². The minimum atomic E-state index is -0.481. The average Bonchev–Trinajstić information content (AvgIpc) is 2.51. The van der Waals surface area contributed by atoms with E-state index in [4.69, 9.17) is 4.74 Å². The maximum absolute atomic E-state index is 12.2. The van der Waals surface area contributed by atoms with Crippen molar-refractivity contribution in [3.8, 4) is 5.75 Å². The van der Waals surface area contributed by atoms with Gasteiger partial charge >= 0.3 is 6.09 Å². The number of amides is 1. The molecule has 1 N–H and O–H groups in total. The van der Waals surface area contributed by atoms with Crippen LogP contribution in [-0.2, 0) is 0 Å². The van der Waals surface area contributed by atoms with Gasteiger partial charge in [-0.1, -0.05) is 48.5 Å². The number of rotatable bonds is 2. The summed E-state index contributed by atoms with van der Waals surface area (Å²) in [5.41, 5.74) is 2.86. The summed E-state index contributed by atoms with van der Waals surface area (Å²) in [5, 5.41) is 4.76. The first-order chi connectivity index (χ1) is 10.6. The van der Waals surface area contributed by atoms with Gasteiger partial charge in [-0.2, -0.15) is 0 Å². The van der Waals surface area contributed by atoms with Crippen molar-refractivity contribution in [1.82, 2.24) is 0 Å². The number of carbonyl (C=O) groups excluding carboxylic acids is 1. The molecule has 0 aromatic heterocycles. The van der Waals surface area contributed by atoms with Crippen LogP contribution >= 0.6 is 0 Å². The van der Waals surface area contributed by atoms with Gasteiger partial charge in [0.2, 0.25) is 0 Å². The fourth-order valence-electron chi connectivity index (χ4n) is 2.39. The summed E-state index contributed by atoms with van der Waals surface area (Å²) in [7, 11) is 0. The molecule has 1 amide bonds. The smallest absolute Gasteiger partial charge is 0.409 e. The number of hydrogen-bond donors (Lipinski definition) is 1. The Labute approximate surface area is 129 Å². The quantitative estimate of drug-likeness (QED) is 0.716. The summed E-state index contributed by atoms with van der Waals surface area (Å²) in [6, 6.07) is 19.4. The van der Waals surface area contributed by atoms with Gasteiger partial charge in [-0.3, -0.25) is 5.32 Å². The van der Waals surface area contributed by atoms with E-state index in [1.807, 2.05) is 68.4 Å². The van der Waals surface area contributed by atoms with Gasteiger partial charge < -0.3 is 4.74 Å². The molecule has 3 aromatic rings. The van der Waals surface area contributed by atoms with E-state index < -0.39 is 6.09 Å². The fourth-order valence-corrected chi connectivity index (χ4v) is 2.39. The molecule has 0 aliphatic carbocycles. The molecule has 22 heavy (non-hydrogen) atoms. The summed E-state index contributed by atoms with van der Waals surface area (Å²) in [5.74, 6) is 0.556. The van der Waals surface area contributed by atoms with Crippen LogP contribution < -0.4 is 10.1 Å². The molecule has 0 bridgehead atoms. The maximum atomic E-state index is 12.2. The zero-order valence-electron chi connectivity index (χ0n) is 12.6. The zero-order chi connectivity index (χ0) is 15.5. The summed E-state index contributed by atoms with van der Waals surface area (Å²) in [6.45, 7) is 3.94. The zero-order valence-corrected chi connectivity index (χ0v) is 12.6. The largest absolute Gasteiger partial charge is 0.417 e. The number of benzene rings is 3. The maximum Gasteiger partial charge on any atom is 0.417 e. The van der Waals surface area contributed by atoms with Crippen LogP contribution in [0.25, 0.3) is 10.8 Å². The minimum Gasteiger partial charge on any atom is -0.409 e. The third-order valence-corrected chi connectivity index (χ3v) is 3.58. The van der Waals surface area contributed by atoms with Crippen LogP contribution in [0.4, 0.5) is 10.5 Å². The highest BCUT2D eigenvalue weighted by Gasteiger charge is 2.09. The lowest BCUT2D eigenvalue weighted by atomic mass is 10.1. The van der Waals surface area contributed by atoms with Crippen LogP contribution in [0.3, 0.4) is 0 Å². The van der Waals surface area contributed by atoms with E-state index in [2.05, 4.69) is 5.32 Å². The van der Waals surface area contributed by atoms with Gasteiger partial charge in [0, 0.05) is 11.1 Å². The standard InChI is InChI=1S/C19H17NO2/c1-13-10-11-14(2)17(12-13)20-19(21)22-18-9-5-7-15-6-3-4-8-16(15)18/h3-12H,1-2H3,(H,20,21). The third-order valence-electron chi connectivity index (χ3n) is 3.58. The number of carbonyl (C=O) groups is 1. The highest BCUT2D eigenvalue weighted by Crippen LogP contribution is 2.26. The first kappa shape index (κ1) is 14.1. The van der Waals surface area contributed by atoms with E-state index in [-0.39, 0.29) is 0 Å². The van der Waals surface area contributed by atoms with Crippen LogP contribution in [0.5, 0.6) is 5.75 Å². The Hall–Kier alpha value is -2.81. The minimum absolute atomic E-state index is 0.481. The fraction of sp³-hybridized carbons (Fsp3) is 0.105. The Morgan fingerprint density at radius 3 is 2.59 bits per heavy atom. The second-order valence-corrected chi connectivity index (χ2v) is 5.31. The lowest BCUT2D eigenvalue weighted by molar-refractivity contribution is 0.215. The molecule has 3 nitrogen and oxygen atoms in total. The summed E-state index contributed by atoms with van der Waals surface area (Å²) in [4.78, 5) is 12.2. The predicted octanol–water partition coefficient (Wildman–Crippen LogP) is 5.07. The van der Waals surface area contributed by atoms with Gasteiger partial charge in [0.1, 0.15) is 5.75 Å². The molecule has 0 atom stereocenters. The van der Waals surface area contributed by atoms with Gasteiger partial charge in [-0.15, -0.1) is 0 Å². The molecule has 3 rings (SSSR count). The van der Waals surface area contributed by atoms with E-state index in [1.165, 1.54) is 0 Å². The Bertz CT molecular complexity index is 834. The van der Waals surface area contributed by atoms with Crippen molar-refractivity contribution in [3.63, 3.8) is 0 Å². The van der Waals surface area contributed by atoms with Crippen molar-refractivity contribution in [2.24, 2.45) is 0 Å². The first-order valence-corrected chi connectivity index (χ1v) is 7.17. The molecule has 3 aromatic carbocycles. The van der Waals surface area contributed by atoms with Gasteiger partial charge in [-0.25, -0.2) is 4.79 Å². The second-order valence-electron chi connectivity index (χ2n) is 5.31. The Morgan fingerprint density at radius 2 is 1.73 bits per heavy atom. The summed E-state index contributed by atoms with van der Waals surface area (Å²) >= 11 is 0. The lowest BCUT2D eigenvalue weighted by Crippen LogP contribution is -2.17. The van der Waals surface area contributed by atoms with Crippen molar-refractivity contribution in [2.45, 2.75) is 13.8 Å². The molecule has 0 aliphatic heterocycles. The topological polar surface area (TPSA) is 38.3 Å². The number of anilines is 1. The number of nitrogens with one attached hydrogen (secondary N) is 1. The highest BCUT2D eigenvalue weighted by molar-refractivity contribution is 5.93. The molecule has 110 valence electrons. The molecule has 0 unspecified atom stereocenters. The van der Waals surface area contributed by atoms with Crippen LogP contribution in [0.15, 0.2) is 60.7 Å². The van der Waals surface area contributed by atoms with Crippen LogP contribution in [0.1, 0.15) is 11.1 Å². The molecule has 0 aliphatic rings. The van der Waals surface area contributed by atoms with Crippen molar-refractivity contribution < 1.29 is 9.53 Å². The molecule has 0 heterocycles. The average molecular weight is 291 g/mol. The van der Waals surface area contributed by atoms with Crippen LogP contribution in [0, 0.1) is 13.8 Å². The van der Waals surface area contributed by atoms with E-state index >= 15 is 0 Å². The van der Waals surface area contributed by atoms with Crippen molar-refractivity contribution in [3.05, 3.63) is 71.8 Å². The molecule has 0 saturated carbocycles. The van der Waals surface area contributed by atoms with Crippen LogP contribution in [0.2, 0.25) is 0 Å². The van der Waals surface area contributed by atoms with Crippen molar-refractivity contribution >= 4 is 22.6 Å². The normalized spacial score (nSPS) is 10.5. The van der Waals surface area contributed by atoms with Gasteiger partial charge in [0.25, 0.3) is 0 Å². The molecule has 3 heteroatoms. The van der Waals surface area contributed by atoms with Crippen molar-refractivity contribution in [2.75, 3.05) is 5.32 Å². The van der Waals surface area contributed by atoms with Crippen LogP contribution in [-0.4, -0.2) is 6.09 Å². The molecular weight excluding hydrogens is 274 g/mol. The monoisotopic (exact) mass is 291 g/mol. The number of hydrogen-bond acceptors (Lipinski definition) is 2. The summed E-state index contributed by atoms with van der Waals surface area (Å²) in [6.07, 6.45) is -0.481. The Morgan fingerprint density at radius 1 is 0.955 bits per heavy atom. The first-order valence-electron chi connectivity index (χ1n) is 7.17. The van der Waals surface area contributed by atoms with E-state index in [1.54, 1.807) is 6.07 Å². The summed E-state index contributed by atoms with van der Waals surface area (Å²) < 4.78 is 5.48. The molecule has 0 saturated heterocycles. The Kier molecular flexibility index (Phi) is 3.79. The third kappa shape index (κ3) is 2.93. The van der Waals surface area contributed by atoms with Gasteiger partial charge in [0.15, 0.2) is 0 Å². The Balaban J connectivity index is 1.83.